The molecule has 2 rings (SSSR count). The van der Waals surface area contributed by atoms with E-state index in [1.165, 1.54) is 0 Å². The number of ether oxygens (including phenoxy) is 1. The van der Waals surface area contributed by atoms with Crippen molar-refractivity contribution >= 4 is 16.1 Å². The maximum atomic E-state index is 11.7. The van der Waals surface area contributed by atoms with E-state index in [0.717, 1.165) is 11.8 Å². The van der Waals surface area contributed by atoms with Gasteiger partial charge in [-0.05, 0) is 5.56 Å². The maximum absolute atomic E-state index is 11.7. The number of hydrogen-bond donors (Lipinski definition) is 0. The molecular weight excluding hydrogens is 256 g/mol. The first-order chi connectivity index (χ1) is 8.47. The van der Waals surface area contributed by atoms with Gasteiger partial charge in [0.15, 0.2) is 0 Å². The number of benzene rings is 1. The van der Waals surface area contributed by atoms with Crippen molar-refractivity contribution in [2.45, 2.75) is 5.92 Å². The van der Waals surface area contributed by atoms with Gasteiger partial charge in [-0.25, -0.2) is 0 Å². The zero-order valence-corrected chi connectivity index (χ0v) is 10.7. The summed E-state index contributed by atoms with van der Waals surface area (Å²) in [5.41, 5.74) is 0.821. The molecule has 1 fully saturated rings. The molecule has 1 saturated heterocycles. The molecule has 0 amide bonds. The van der Waals surface area contributed by atoms with E-state index in [2.05, 4.69) is 0 Å². The lowest BCUT2D eigenvalue weighted by Crippen LogP contribution is -2.20. The highest BCUT2D eigenvalue weighted by Gasteiger charge is 2.38. The van der Waals surface area contributed by atoms with Crippen LogP contribution in [0.1, 0.15) is 11.5 Å². The van der Waals surface area contributed by atoms with E-state index >= 15 is 0 Å². The summed E-state index contributed by atoms with van der Waals surface area (Å²) in [4.78, 5) is 11.7. The standard InChI is InChI=1S/C12H14O5S/c1-18(14,15)17-8-10-7-16-12(13)11(10)9-5-3-2-4-6-9/h2-6,10-11H,7-8H2,1H3/t10-,11-/m1/s1. The van der Waals surface area contributed by atoms with E-state index in [1.807, 2.05) is 30.3 Å². The molecule has 1 aliphatic heterocycles. The highest BCUT2D eigenvalue weighted by molar-refractivity contribution is 7.85. The van der Waals surface area contributed by atoms with Gasteiger partial charge in [0.05, 0.1) is 25.4 Å². The van der Waals surface area contributed by atoms with Crippen LogP contribution >= 0.6 is 0 Å². The third kappa shape index (κ3) is 3.08. The summed E-state index contributed by atoms with van der Waals surface area (Å²) < 4.78 is 31.7. The first kappa shape index (κ1) is 13.0. The highest BCUT2D eigenvalue weighted by atomic mass is 32.2. The minimum Gasteiger partial charge on any atom is -0.465 e. The summed E-state index contributed by atoms with van der Waals surface area (Å²) in [6.45, 7) is 0.151. The number of carbonyl (C=O) groups is 1. The summed E-state index contributed by atoms with van der Waals surface area (Å²) in [5.74, 6) is -1.05. The molecule has 0 saturated carbocycles. The summed E-state index contributed by atoms with van der Waals surface area (Å²) in [5, 5.41) is 0. The molecule has 18 heavy (non-hydrogen) atoms. The van der Waals surface area contributed by atoms with Gasteiger partial charge in [0.25, 0.3) is 10.1 Å². The zero-order chi connectivity index (χ0) is 13.2. The van der Waals surface area contributed by atoms with Crippen LogP contribution in [0.2, 0.25) is 0 Å². The molecule has 5 nitrogen and oxygen atoms in total. The largest absolute Gasteiger partial charge is 0.465 e. The predicted molar refractivity (Wildman–Crippen MR) is 64.4 cm³/mol. The molecule has 2 atom stereocenters. The fraction of sp³-hybridized carbons (Fsp3) is 0.417. The lowest BCUT2D eigenvalue weighted by molar-refractivity contribution is -0.139. The van der Waals surface area contributed by atoms with E-state index in [9.17, 15) is 13.2 Å². The fourth-order valence-electron chi connectivity index (χ4n) is 1.99. The molecule has 98 valence electrons. The van der Waals surface area contributed by atoms with Crippen LogP contribution in [0, 0.1) is 5.92 Å². The van der Waals surface area contributed by atoms with E-state index in [4.69, 9.17) is 8.92 Å². The van der Waals surface area contributed by atoms with Crippen LogP contribution in [0.3, 0.4) is 0 Å². The average Bonchev–Trinajstić information content (AvgIpc) is 2.68. The summed E-state index contributed by atoms with van der Waals surface area (Å²) in [6.07, 6.45) is 0.988. The number of esters is 1. The second-order valence-electron chi connectivity index (χ2n) is 4.27. The van der Waals surface area contributed by atoms with E-state index < -0.39 is 16.0 Å². The van der Waals surface area contributed by atoms with Crippen LogP contribution in [0.4, 0.5) is 0 Å². The monoisotopic (exact) mass is 270 g/mol. The number of carbonyl (C=O) groups excluding carboxylic acids is 1. The van der Waals surface area contributed by atoms with Crippen molar-refractivity contribution in [1.29, 1.82) is 0 Å². The fourth-order valence-corrected chi connectivity index (χ4v) is 2.41. The minimum atomic E-state index is -3.50. The van der Waals surface area contributed by atoms with Gasteiger partial charge < -0.3 is 4.74 Å². The molecule has 0 spiro atoms. The Morgan fingerprint density at radius 3 is 2.61 bits per heavy atom. The molecule has 1 heterocycles. The molecule has 0 radical (unpaired) electrons. The first-order valence-corrected chi connectivity index (χ1v) is 7.35. The van der Waals surface area contributed by atoms with Crippen LogP contribution in [-0.4, -0.2) is 33.9 Å². The van der Waals surface area contributed by atoms with Crippen LogP contribution in [-0.2, 0) is 23.8 Å². The van der Waals surface area contributed by atoms with Gasteiger partial charge in [0, 0.05) is 5.92 Å². The van der Waals surface area contributed by atoms with Gasteiger partial charge >= 0.3 is 5.97 Å². The third-order valence-corrected chi connectivity index (χ3v) is 3.38. The second kappa shape index (κ2) is 5.07. The lowest BCUT2D eigenvalue weighted by Gasteiger charge is -2.14. The molecule has 0 N–H and O–H groups in total. The van der Waals surface area contributed by atoms with Crippen LogP contribution < -0.4 is 0 Å². The lowest BCUT2D eigenvalue weighted by atomic mass is 9.89. The molecule has 1 aliphatic rings. The molecule has 0 aromatic heterocycles. The van der Waals surface area contributed by atoms with Crippen molar-refractivity contribution in [2.24, 2.45) is 5.92 Å². The van der Waals surface area contributed by atoms with E-state index in [1.54, 1.807) is 0 Å². The molecule has 1 aromatic carbocycles. The van der Waals surface area contributed by atoms with Gasteiger partial charge in [-0.2, -0.15) is 8.42 Å². The molecule has 0 unspecified atom stereocenters. The summed E-state index contributed by atoms with van der Waals surface area (Å²) >= 11 is 0. The quantitative estimate of drug-likeness (QED) is 0.601. The summed E-state index contributed by atoms with van der Waals surface area (Å²) in [7, 11) is -3.50. The van der Waals surface area contributed by atoms with Crippen molar-refractivity contribution in [2.75, 3.05) is 19.5 Å². The smallest absolute Gasteiger partial charge is 0.313 e. The number of cyclic esters (lactones) is 1. The van der Waals surface area contributed by atoms with Crippen molar-refractivity contribution in [3.8, 4) is 0 Å². The van der Waals surface area contributed by atoms with Gasteiger partial charge in [-0.15, -0.1) is 0 Å². The molecule has 0 bridgehead atoms. The minimum absolute atomic E-state index is 0.0376. The summed E-state index contributed by atoms with van der Waals surface area (Å²) in [6, 6.07) is 9.16. The van der Waals surface area contributed by atoms with E-state index in [0.29, 0.717) is 0 Å². The van der Waals surface area contributed by atoms with Crippen molar-refractivity contribution in [1.82, 2.24) is 0 Å². The topological polar surface area (TPSA) is 69.7 Å². The second-order valence-corrected chi connectivity index (χ2v) is 5.91. The van der Waals surface area contributed by atoms with Crippen LogP contribution in [0.15, 0.2) is 30.3 Å². The van der Waals surface area contributed by atoms with Crippen molar-refractivity contribution in [3.63, 3.8) is 0 Å². The maximum Gasteiger partial charge on any atom is 0.313 e. The zero-order valence-electron chi connectivity index (χ0n) is 9.91. The Kier molecular flexibility index (Phi) is 3.68. The Balaban J connectivity index is 2.14. The molecule has 6 heteroatoms. The van der Waals surface area contributed by atoms with Crippen molar-refractivity contribution in [3.05, 3.63) is 35.9 Å². The number of rotatable bonds is 4. The molecule has 1 aromatic rings. The Morgan fingerprint density at radius 2 is 2.00 bits per heavy atom. The van der Waals surface area contributed by atoms with Crippen LogP contribution in [0.5, 0.6) is 0 Å². The Morgan fingerprint density at radius 1 is 1.33 bits per heavy atom. The van der Waals surface area contributed by atoms with Crippen molar-refractivity contribution < 1.29 is 22.1 Å². The van der Waals surface area contributed by atoms with Gasteiger partial charge in [-0.3, -0.25) is 8.98 Å². The normalized spacial score (nSPS) is 23.9. The Bertz CT molecular complexity index is 523. The predicted octanol–water partition coefficient (Wildman–Crippen LogP) is 0.919. The van der Waals surface area contributed by atoms with Gasteiger partial charge in [0.2, 0.25) is 0 Å². The SMILES string of the molecule is CS(=O)(=O)OC[C@H]1COC(=O)[C@@H]1c1ccccc1. The Hall–Kier alpha value is -1.40. The Labute approximate surface area is 106 Å². The highest BCUT2D eigenvalue weighted by Crippen LogP contribution is 2.32. The van der Waals surface area contributed by atoms with Gasteiger partial charge in [-0.1, -0.05) is 30.3 Å². The molecular formula is C12H14O5S. The molecule has 0 aliphatic carbocycles. The van der Waals surface area contributed by atoms with Gasteiger partial charge in [0.1, 0.15) is 0 Å². The number of hydrogen-bond acceptors (Lipinski definition) is 5. The third-order valence-electron chi connectivity index (χ3n) is 2.82. The first-order valence-electron chi connectivity index (χ1n) is 5.53. The van der Waals surface area contributed by atoms with E-state index in [-0.39, 0.29) is 25.1 Å². The van der Waals surface area contributed by atoms with Crippen LogP contribution in [0.25, 0.3) is 0 Å². The average molecular weight is 270 g/mol.